The number of nitrogens with one attached hydrogen (secondary N) is 2. The minimum Gasteiger partial charge on any atom is -0.492 e. The molecule has 8 nitrogen and oxygen atoms in total. The Kier molecular flexibility index (Phi) is 7.91. The van der Waals surface area contributed by atoms with Crippen molar-refractivity contribution in [3.63, 3.8) is 0 Å². The number of anilines is 1. The van der Waals surface area contributed by atoms with Crippen molar-refractivity contribution in [3.05, 3.63) is 60.3 Å². The van der Waals surface area contributed by atoms with Crippen LogP contribution in [-0.4, -0.2) is 67.8 Å². The molecule has 1 saturated heterocycles. The standard InChI is InChI=1S/C28H34N6O2/c1-5-36-25-9-8-20-6-7-21(16-23(20)26(25)30-18-19(2)17-29)27-32-24(12-15-34(27)4)28(35)31-22-10-13-33(3)14-11-22/h6-9,12,15-16,22,27,30H,2,5,10-11,13-14,18H2,1,3-4H3,(H,31,35). The van der Waals surface area contributed by atoms with Crippen LogP contribution in [0.5, 0.6) is 5.75 Å². The molecule has 2 N–H and O–H groups in total. The van der Waals surface area contributed by atoms with Gasteiger partial charge in [0.05, 0.1) is 18.4 Å². The van der Waals surface area contributed by atoms with Gasteiger partial charge in [0.25, 0.3) is 5.91 Å². The Labute approximate surface area is 212 Å². The van der Waals surface area contributed by atoms with Crippen molar-refractivity contribution >= 4 is 28.1 Å². The van der Waals surface area contributed by atoms with Crippen molar-refractivity contribution in [1.29, 1.82) is 5.26 Å². The van der Waals surface area contributed by atoms with Crippen molar-refractivity contribution in [2.45, 2.75) is 32.0 Å². The molecule has 8 heteroatoms. The molecule has 2 aliphatic heterocycles. The summed E-state index contributed by atoms with van der Waals surface area (Å²) in [5.41, 5.74) is 2.64. The van der Waals surface area contributed by atoms with Gasteiger partial charge < -0.3 is 25.2 Å². The molecule has 1 amide bonds. The second-order valence-electron chi connectivity index (χ2n) is 9.34. The van der Waals surface area contributed by atoms with Crippen molar-refractivity contribution < 1.29 is 9.53 Å². The summed E-state index contributed by atoms with van der Waals surface area (Å²) in [7, 11) is 4.06. The molecule has 1 unspecified atom stereocenters. The van der Waals surface area contributed by atoms with Crippen molar-refractivity contribution in [2.24, 2.45) is 4.99 Å². The molecule has 0 saturated carbocycles. The fourth-order valence-electron chi connectivity index (χ4n) is 4.56. The summed E-state index contributed by atoms with van der Waals surface area (Å²) < 4.78 is 5.86. The number of rotatable bonds is 8. The molecule has 2 aromatic rings. The molecule has 2 aliphatic rings. The number of ether oxygens (including phenoxy) is 1. The SMILES string of the molecule is C=C(C#N)CNc1c(OCC)ccc2ccc(C3N=C(C(=O)NC4CCN(C)CC4)C=CN3C)cc12. The quantitative estimate of drug-likeness (QED) is 0.551. The van der Waals surface area contributed by atoms with Crippen molar-refractivity contribution in [3.8, 4) is 11.8 Å². The van der Waals surface area contributed by atoms with Gasteiger partial charge in [-0.25, -0.2) is 4.99 Å². The Morgan fingerprint density at radius 1 is 1.25 bits per heavy atom. The van der Waals surface area contributed by atoms with Crippen LogP contribution in [0.1, 0.15) is 31.5 Å². The van der Waals surface area contributed by atoms with Gasteiger partial charge in [0, 0.05) is 36.8 Å². The number of benzene rings is 2. The molecule has 0 radical (unpaired) electrons. The Balaban J connectivity index is 1.63. The number of nitrogens with zero attached hydrogens (tertiary/aromatic N) is 4. The lowest BCUT2D eigenvalue weighted by Crippen LogP contribution is -2.45. The highest BCUT2D eigenvalue weighted by atomic mass is 16.5. The molecule has 2 aromatic carbocycles. The third-order valence-corrected chi connectivity index (χ3v) is 6.64. The lowest BCUT2D eigenvalue weighted by molar-refractivity contribution is -0.115. The number of likely N-dealkylation sites (tertiary alicyclic amines) is 1. The van der Waals surface area contributed by atoms with Gasteiger partial charge in [-0.05, 0) is 69.1 Å². The fraction of sp³-hybridized carbons (Fsp3) is 0.393. The topological polar surface area (TPSA) is 93.0 Å². The molecule has 0 bridgehead atoms. The molecule has 1 fully saturated rings. The van der Waals surface area contributed by atoms with Crippen molar-refractivity contribution in [1.82, 2.24) is 15.1 Å². The number of carbonyl (C=O) groups excluding carboxylic acids is 1. The zero-order valence-electron chi connectivity index (χ0n) is 21.3. The van der Waals surface area contributed by atoms with Gasteiger partial charge in [-0.3, -0.25) is 4.79 Å². The van der Waals surface area contributed by atoms with E-state index in [2.05, 4.69) is 41.3 Å². The lowest BCUT2D eigenvalue weighted by Gasteiger charge is -2.31. The molecule has 0 aromatic heterocycles. The van der Waals surface area contributed by atoms with Gasteiger partial charge in [0.1, 0.15) is 17.6 Å². The van der Waals surface area contributed by atoms with E-state index in [1.165, 1.54) is 0 Å². The first-order valence-corrected chi connectivity index (χ1v) is 12.4. The molecular formula is C28H34N6O2. The number of hydrogen-bond acceptors (Lipinski definition) is 7. The number of carbonyl (C=O) groups is 1. The number of fused-ring (bicyclic) bond motifs is 1. The van der Waals surface area contributed by atoms with E-state index in [4.69, 9.17) is 15.0 Å². The number of amides is 1. The van der Waals surface area contributed by atoms with Gasteiger partial charge in [0.15, 0.2) is 0 Å². The highest BCUT2D eigenvalue weighted by Crippen LogP contribution is 2.36. The van der Waals surface area contributed by atoms with Crippen LogP contribution in [0.2, 0.25) is 0 Å². The highest BCUT2D eigenvalue weighted by Gasteiger charge is 2.25. The maximum atomic E-state index is 13.0. The molecule has 188 valence electrons. The van der Waals surface area contributed by atoms with Crippen LogP contribution >= 0.6 is 0 Å². The number of aliphatic imine (C=N–C) groups is 1. The summed E-state index contributed by atoms with van der Waals surface area (Å²) in [5.74, 6) is 0.585. The van der Waals surface area contributed by atoms with E-state index < -0.39 is 0 Å². The Morgan fingerprint density at radius 3 is 2.72 bits per heavy atom. The summed E-state index contributed by atoms with van der Waals surface area (Å²) in [6.07, 6.45) is 5.23. The average Bonchev–Trinajstić information content (AvgIpc) is 2.89. The predicted octanol–water partition coefficient (Wildman–Crippen LogP) is 3.84. The molecule has 2 heterocycles. The predicted molar refractivity (Wildman–Crippen MR) is 144 cm³/mol. The van der Waals surface area contributed by atoms with E-state index in [9.17, 15) is 4.79 Å². The van der Waals surface area contributed by atoms with Gasteiger partial charge in [-0.15, -0.1) is 0 Å². The normalized spacial score (nSPS) is 18.4. The summed E-state index contributed by atoms with van der Waals surface area (Å²) in [4.78, 5) is 22.1. The number of nitriles is 1. The summed E-state index contributed by atoms with van der Waals surface area (Å²) in [6, 6.07) is 12.4. The molecule has 4 rings (SSSR count). The number of piperidine rings is 1. The first kappa shape index (κ1) is 25.3. The second kappa shape index (κ2) is 11.3. The molecule has 0 aliphatic carbocycles. The van der Waals surface area contributed by atoms with Crippen LogP contribution in [-0.2, 0) is 4.79 Å². The third-order valence-electron chi connectivity index (χ3n) is 6.64. The maximum absolute atomic E-state index is 13.0. The molecule has 0 spiro atoms. The van der Waals surface area contributed by atoms with Gasteiger partial charge >= 0.3 is 0 Å². The van der Waals surface area contributed by atoms with Crippen LogP contribution < -0.4 is 15.4 Å². The van der Waals surface area contributed by atoms with E-state index in [1.807, 2.05) is 49.3 Å². The minimum atomic E-state index is -0.338. The zero-order chi connectivity index (χ0) is 25.7. The largest absolute Gasteiger partial charge is 0.492 e. The van der Waals surface area contributed by atoms with Crippen molar-refractivity contribution in [2.75, 3.05) is 45.7 Å². The van der Waals surface area contributed by atoms with E-state index in [0.29, 0.717) is 30.2 Å². The van der Waals surface area contributed by atoms with Gasteiger partial charge in [-0.1, -0.05) is 24.8 Å². The first-order valence-electron chi connectivity index (χ1n) is 12.4. The smallest absolute Gasteiger partial charge is 0.269 e. The monoisotopic (exact) mass is 486 g/mol. The lowest BCUT2D eigenvalue weighted by atomic mass is 10.0. The van der Waals surface area contributed by atoms with Crippen LogP contribution in [0.3, 0.4) is 0 Å². The molecule has 36 heavy (non-hydrogen) atoms. The van der Waals surface area contributed by atoms with Crippen LogP contribution in [0.15, 0.2) is 59.8 Å². The summed E-state index contributed by atoms with van der Waals surface area (Å²) in [6.45, 7) is 8.53. The highest BCUT2D eigenvalue weighted by molar-refractivity contribution is 6.43. The van der Waals surface area contributed by atoms with Crippen LogP contribution in [0.25, 0.3) is 10.8 Å². The Hall–Kier alpha value is -3.83. The van der Waals surface area contributed by atoms with Crippen LogP contribution in [0, 0.1) is 11.3 Å². The summed E-state index contributed by atoms with van der Waals surface area (Å²) >= 11 is 0. The van der Waals surface area contributed by atoms with E-state index in [1.54, 1.807) is 6.08 Å². The fourth-order valence-corrected chi connectivity index (χ4v) is 4.56. The van der Waals surface area contributed by atoms with Gasteiger partial charge in [-0.2, -0.15) is 5.26 Å². The number of hydrogen-bond donors (Lipinski definition) is 2. The average molecular weight is 487 g/mol. The Morgan fingerprint density at radius 2 is 2.00 bits per heavy atom. The molecule has 1 atom stereocenters. The first-order chi connectivity index (χ1) is 17.4. The second-order valence-corrected chi connectivity index (χ2v) is 9.34. The minimum absolute atomic E-state index is 0.129. The van der Waals surface area contributed by atoms with E-state index >= 15 is 0 Å². The van der Waals surface area contributed by atoms with Crippen LogP contribution in [0.4, 0.5) is 5.69 Å². The van der Waals surface area contributed by atoms with E-state index in [-0.39, 0.29) is 18.1 Å². The van der Waals surface area contributed by atoms with Gasteiger partial charge in [0.2, 0.25) is 0 Å². The summed E-state index contributed by atoms with van der Waals surface area (Å²) in [5, 5.41) is 17.6. The third kappa shape index (κ3) is 5.69. The van der Waals surface area contributed by atoms with E-state index in [0.717, 1.165) is 48.0 Å². The zero-order valence-corrected chi connectivity index (χ0v) is 21.3. The Bertz CT molecular complexity index is 1240. The maximum Gasteiger partial charge on any atom is 0.269 e. The molecular weight excluding hydrogens is 452 g/mol.